The summed E-state index contributed by atoms with van der Waals surface area (Å²) in [6, 6.07) is 3.15. The minimum absolute atomic E-state index is 0.0943. The third kappa shape index (κ3) is 4.07. The summed E-state index contributed by atoms with van der Waals surface area (Å²) in [7, 11) is 0. The molecule has 26 heavy (non-hydrogen) atoms. The first kappa shape index (κ1) is 18.0. The second-order valence-electron chi connectivity index (χ2n) is 6.26. The smallest absolute Gasteiger partial charge is 0.308 e. The van der Waals surface area contributed by atoms with Crippen molar-refractivity contribution in [3.8, 4) is 11.3 Å². The quantitative estimate of drug-likeness (QED) is 0.882. The van der Waals surface area contributed by atoms with Crippen molar-refractivity contribution < 1.29 is 27.9 Å². The number of aromatic nitrogens is 1. The Labute approximate surface area is 148 Å². The number of hydrogen-bond acceptors (Lipinski definition) is 4. The summed E-state index contributed by atoms with van der Waals surface area (Å²) in [6.45, 7) is 0.756. The van der Waals surface area contributed by atoms with Crippen LogP contribution in [0.4, 0.5) is 8.78 Å². The van der Waals surface area contributed by atoms with E-state index in [4.69, 9.17) is 9.52 Å². The Balaban J connectivity index is 1.59. The van der Waals surface area contributed by atoms with E-state index in [1.165, 1.54) is 12.3 Å². The summed E-state index contributed by atoms with van der Waals surface area (Å²) < 4.78 is 32.2. The zero-order valence-corrected chi connectivity index (χ0v) is 14.0. The van der Waals surface area contributed by atoms with Crippen LogP contribution >= 0.6 is 0 Å². The van der Waals surface area contributed by atoms with Gasteiger partial charge in [0.05, 0.1) is 17.7 Å². The molecule has 0 aliphatic carbocycles. The topological polar surface area (TPSA) is 83.6 Å². The molecule has 138 valence electrons. The van der Waals surface area contributed by atoms with E-state index in [-0.39, 0.29) is 42.5 Å². The van der Waals surface area contributed by atoms with Crippen LogP contribution < -0.4 is 0 Å². The minimum atomic E-state index is -0.888. The predicted octanol–water partition coefficient (Wildman–Crippen LogP) is 2.88. The second kappa shape index (κ2) is 7.63. The number of carboxylic acid groups (broad SMARTS) is 1. The molecule has 1 fully saturated rings. The van der Waals surface area contributed by atoms with Crippen LogP contribution in [-0.4, -0.2) is 40.0 Å². The van der Waals surface area contributed by atoms with Gasteiger partial charge in [-0.1, -0.05) is 0 Å². The molecule has 2 aromatic rings. The number of oxazole rings is 1. The fourth-order valence-corrected chi connectivity index (χ4v) is 3.02. The lowest BCUT2D eigenvalue weighted by atomic mass is 9.98. The lowest BCUT2D eigenvalue weighted by molar-refractivity contribution is -0.145. The molecular weight excluding hydrogens is 346 g/mol. The van der Waals surface area contributed by atoms with Crippen molar-refractivity contribution in [2.24, 2.45) is 5.92 Å². The van der Waals surface area contributed by atoms with Crippen LogP contribution in [0.3, 0.4) is 0 Å². The van der Waals surface area contributed by atoms with Crippen LogP contribution in [-0.2, 0) is 16.0 Å². The molecule has 1 aliphatic heterocycles. The van der Waals surface area contributed by atoms with Gasteiger partial charge in [-0.15, -0.1) is 0 Å². The van der Waals surface area contributed by atoms with E-state index in [0.29, 0.717) is 19.4 Å². The molecule has 1 N–H and O–H groups in total. The van der Waals surface area contributed by atoms with Crippen molar-refractivity contribution in [1.29, 1.82) is 0 Å². The number of aryl methyl sites for hydroxylation is 1. The molecule has 0 radical (unpaired) electrons. The molecule has 1 saturated heterocycles. The van der Waals surface area contributed by atoms with Crippen LogP contribution in [0, 0.1) is 17.6 Å². The molecule has 1 atom stereocenters. The van der Waals surface area contributed by atoms with E-state index in [9.17, 15) is 18.4 Å². The van der Waals surface area contributed by atoms with Gasteiger partial charge in [0.1, 0.15) is 11.6 Å². The summed E-state index contributed by atoms with van der Waals surface area (Å²) in [4.78, 5) is 28.9. The summed E-state index contributed by atoms with van der Waals surface area (Å²) >= 11 is 0. The maximum atomic E-state index is 13.8. The SMILES string of the molecule is O=C(O)C1CCCN(C(=O)CCc2ncc(-c3ccc(F)cc3F)o2)C1. The highest BCUT2D eigenvalue weighted by Crippen LogP contribution is 2.25. The van der Waals surface area contributed by atoms with Crippen molar-refractivity contribution >= 4 is 11.9 Å². The van der Waals surface area contributed by atoms with Crippen LogP contribution in [0.25, 0.3) is 11.3 Å². The molecule has 1 aromatic heterocycles. The van der Waals surface area contributed by atoms with Crippen molar-refractivity contribution in [2.75, 3.05) is 13.1 Å². The van der Waals surface area contributed by atoms with Crippen molar-refractivity contribution in [3.05, 3.63) is 41.9 Å². The third-order valence-corrected chi connectivity index (χ3v) is 4.43. The number of hydrogen-bond donors (Lipinski definition) is 1. The molecule has 0 bridgehead atoms. The van der Waals surface area contributed by atoms with Crippen LogP contribution in [0.2, 0.25) is 0 Å². The van der Waals surface area contributed by atoms with Crippen LogP contribution in [0.15, 0.2) is 28.8 Å². The van der Waals surface area contributed by atoms with Crippen molar-refractivity contribution in [1.82, 2.24) is 9.88 Å². The molecular formula is C18H18F2N2O4. The first-order chi connectivity index (χ1) is 12.4. The van der Waals surface area contributed by atoms with E-state index in [1.807, 2.05) is 0 Å². The van der Waals surface area contributed by atoms with Crippen LogP contribution in [0.5, 0.6) is 0 Å². The summed E-state index contributed by atoms with van der Waals surface area (Å²) in [5.41, 5.74) is 0.0943. The lowest BCUT2D eigenvalue weighted by Gasteiger charge is -2.30. The Bertz CT molecular complexity index is 821. The first-order valence-electron chi connectivity index (χ1n) is 8.34. The van der Waals surface area contributed by atoms with Gasteiger partial charge in [0.25, 0.3) is 0 Å². The Kier molecular flexibility index (Phi) is 5.29. The van der Waals surface area contributed by atoms with Gasteiger partial charge < -0.3 is 14.4 Å². The van der Waals surface area contributed by atoms with E-state index in [0.717, 1.165) is 12.1 Å². The largest absolute Gasteiger partial charge is 0.481 e. The number of rotatable bonds is 5. The highest BCUT2D eigenvalue weighted by molar-refractivity contribution is 5.78. The molecule has 1 aromatic carbocycles. The zero-order valence-electron chi connectivity index (χ0n) is 14.0. The molecule has 0 saturated carbocycles. The molecule has 2 heterocycles. The Morgan fingerprint density at radius 2 is 2.15 bits per heavy atom. The number of piperidine rings is 1. The van der Waals surface area contributed by atoms with Crippen molar-refractivity contribution in [3.63, 3.8) is 0 Å². The molecule has 1 unspecified atom stereocenters. The fourth-order valence-electron chi connectivity index (χ4n) is 3.02. The van der Waals surface area contributed by atoms with Gasteiger partial charge in [0, 0.05) is 32.0 Å². The number of carbonyl (C=O) groups excluding carboxylic acids is 1. The number of likely N-dealkylation sites (tertiary alicyclic amines) is 1. The van der Waals surface area contributed by atoms with Crippen molar-refractivity contribution in [2.45, 2.75) is 25.7 Å². The fraction of sp³-hybridized carbons (Fsp3) is 0.389. The second-order valence-corrected chi connectivity index (χ2v) is 6.26. The molecule has 1 amide bonds. The summed E-state index contributed by atoms with van der Waals surface area (Å²) in [6.07, 6.45) is 2.91. The summed E-state index contributed by atoms with van der Waals surface area (Å²) in [5.74, 6) is -2.58. The van der Waals surface area contributed by atoms with Gasteiger partial charge in [0.15, 0.2) is 11.7 Å². The summed E-state index contributed by atoms with van der Waals surface area (Å²) in [5, 5.41) is 9.08. The third-order valence-electron chi connectivity index (χ3n) is 4.43. The van der Waals surface area contributed by atoms with Gasteiger partial charge >= 0.3 is 5.97 Å². The minimum Gasteiger partial charge on any atom is -0.481 e. The lowest BCUT2D eigenvalue weighted by Crippen LogP contribution is -2.42. The van der Waals surface area contributed by atoms with E-state index < -0.39 is 23.5 Å². The highest BCUT2D eigenvalue weighted by atomic mass is 19.1. The average molecular weight is 364 g/mol. The van der Waals surface area contributed by atoms with Gasteiger partial charge in [0.2, 0.25) is 5.91 Å². The van der Waals surface area contributed by atoms with Gasteiger partial charge in [-0.2, -0.15) is 0 Å². The van der Waals surface area contributed by atoms with E-state index in [1.54, 1.807) is 4.90 Å². The Morgan fingerprint density at radius 3 is 2.88 bits per heavy atom. The number of carboxylic acids is 1. The van der Waals surface area contributed by atoms with Gasteiger partial charge in [-0.05, 0) is 25.0 Å². The van der Waals surface area contributed by atoms with Gasteiger partial charge in [-0.25, -0.2) is 13.8 Å². The number of nitrogens with zero attached hydrogens (tertiary/aromatic N) is 2. The standard InChI is InChI=1S/C18H18F2N2O4/c19-12-3-4-13(14(20)8-12)15-9-21-16(26-15)5-6-17(23)22-7-1-2-11(10-22)18(24)25/h3-4,8-9,11H,1-2,5-7,10H2,(H,24,25). The number of aliphatic carboxylic acids is 1. The number of benzene rings is 1. The normalized spacial score (nSPS) is 17.3. The maximum absolute atomic E-state index is 13.8. The molecule has 8 heteroatoms. The van der Waals surface area contributed by atoms with Gasteiger partial charge in [-0.3, -0.25) is 9.59 Å². The van der Waals surface area contributed by atoms with E-state index in [2.05, 4.69) is 4.98 Å². The number of amides is 1. The molecule has 0 spiro atoms. The number of halogens is 2. The monoisotopic (exact) mass is 364 g/mol. The number of carbonyl (C=O) groups is 2. The average Bonchev–Trinajstić information content (AvgIpc) is 3.08. The first-order valence-corrected chi connectivity index (χ1v) is 8.34. The molecule has 6 nitrogen and oxygen atoms in total. The predicted molar refractivity (Wildman–Crippen MR) is 87.1 cm³/mol. The molecule has 3 rings (SSSR count). The highest BCUT2D eigenvalue weighted by Gasteiger charge is 2.28. The van der Waals surface area contributed by atoms with Crippen LogP contribution in [0.1, 0.15) is 25.2 Å². The Hall–Kier alpha value is -2.77. The maximum Gasteiger partial charge on any atom is 0.308 e. The Morgan fingerprint density at radius 1 is 1.35 bits per heavy atom. The zero-order chi connectivity index (χ0) is 18.7. The van der Waals surface area contributed by atoms with E-state index >= 15 is 0 Å². The molecule has 1 aliphatic rings.